The van der Waals surface area contributed by atoms with Crippen LogP contribution in [0.1, 0.15) is 32.3 Å². The predicted molar refractivity (Wildman–Crippen MR) is 144 cm³/mol. The molecule has 1 fully saturated rings. The van der Waals surface area contributed by atoms with E-state index < -0.39 is 0 Å². The average Bonchev–Trinajstić information content (AvgIpc) is 2.86. The number of Topliss-reactive ketones (excluding diaryl/α,β-unsaturated/α-hetero) is 1. The number of amides is 1. The highest BCUT2D eigenvalue weighted by Crippen LogP contribution is 2.23. The second-order valence-electron chi connectivity index (χ2n) is 9.63. The molecule has 2 heterocycles. The highest BCUT2D eigenvalue weighted by molar-refractivity contribution is 6.42. The van der Waals surface area contributed by atoms with Crippen molar-refractivity contribution in [2.75, 3.05) is 31.1 Å². The van der Waals surface area contributed by atoms with Gasteiger partial charge in [0.15, 0.2) is 5.78 Å². The standard InChI is InChI=1S/C27H30Cl2N4O3/c1-18(2)13-26(35)32-11-9-31(10-12-32)20-5-8-25-22(15-20)27(36)33(17-30-25)16-21(34)6-3-19-4-7-23(28)24(29)14-19/h4-5,7-8,14-15,17-18H,3,6,9-13,16H2,1-2H3. The number of benzene rings is 2. The van der Waals surface area contributed by atoms with Gasteiger partial charge in [0.2, 0.25) is 5.91 Å². The summed E-state index contributed by atoms with van der Waals surface area (Å²) in [6.45, 7) is 6.79. The highest BCUT2D eigenvalue weighted by atomic mass is 35.5. The Morgan fingerprint density at radius 3 is 2.44 bits per heavy atom. The summed E-state index contributed by atoms with van der Waals surface area (Å²) >= 11 is 12.0. The lowest BCUT2D eigenvalue weighted by Crippen LogP contribution is -2.49. The average molecular weight is 529 g/mol. The van der Waals surface area contributed by atoms with Crippen LogP contribution in [-0.2, 0) is 22.6 Å². The van der Waals surface area contributed by atoms with Crippen LogP contribution in [-0.4, -0.2) is 52.3 Å². The van der Waals surface area contributed by atoms with Gasteiger partial charge >= 0.3 is 0 Å². The lowest BCUT2D eigenvalue weighted by atomic mass is 10.1. The van der Waals surface area contributed by atoms with E-state index in [1.165, 1.54) is 10.9 Å². The van der Waals surface area contributed by atoms with Crippen LogP contribution in [0.2, 0.25) is 10.0 Å². The van der Waals surface area contributed by atoms with Crippen molar-refractivity contribution in [3.63, 3.8) is 0 Å². The van der Waals surface area contributed by atoms with Gasteiger partial charge in [-0.1, -0.05) is 43.1 Å². The van der Waals surface area contributed by atoms with Crippen LogP contribution in [0.25, 0.3) is 10.9 Å². The molecule has 0 N–H and O–H groups in total. The van der Waals surface area contributed by atoms with Gasteiger partial charge in [-0.2, -0.15) is 0 Å². The molecule has 1 aliphatic heterocycles. The Balaban J connectivity index is 1.42. The Hall–Kier alpha value is -2.90. The lowest BCUT2D eigenvalue weighted by Gasteiger charge is -2.36. The van der Waals surface area contributed by atoms with E-state index in [0.717, 1.165) is 11.3 Å². The third-order valence-corrected chi connectivity index (χ3v) is 7.15. The second-order valence-corrected chi connectivity index (χ2v) is 10.4. The topological polar surface area (TPSA) is 75.5 Å². The minimum absolute atomic E-state index is 0.0377. The molecule has 4 rings (SSSR count). The van der Waals surface area contributed by atoms with Crippen LogP contribution < -0.4 is 10.5 Å². The van der Waals surface area contributed by atoms with E-state index in [2.05, 4.69) is 9.88 Å². The van der Waals surface area contributed by atoms with Gasteiger partial charge in [0.05, 0.1) is 33.8 Å². The third kappa shape index (κ3) is 6.26. The van der Waals surface area contributed by atoms with Gasteiger partial charge in [0.1, 0.15) is 0 Å². The Bertz CT molecular complexity index is 1330. The number of piperazine rings is 1. The molecule has 0 unspecified atom stereocenters. The number of anilines is 1. The second kappa shape index (κ2) is 11.4. The summed E-state index contributed by atoms with van der Waals surface area (Å²) in [5.74, 6) is 0.468. The van der Waals surface area contributed by atoms with Gasteiger partial charge in [-0.15, -0.1) is 0 Å². The Morgan fingerprint density at radius 2 is 1.75 bits per heavy atom. The van der Waals surface area contributed by atoms with Gasteiger partial charge in [0, 0.05) is 44.7 Å². The van der Waals surface area contributed by atoms with Gasteiger partial charge in [-0.3, -0.25) is 19.0 Å². The van der Waals surface area contributed by atoms with E-state index >= 15 is 0 Å². The summed E-state index contributed by atoms with van der Waals surface area (Å²) in [7, 11) is 0. The largest absolute Gasteiger partial charge is 0.368 e. The molecular weight excluding hydrogens is 499 g/mol. The van der Waals surface area contributed by atoms with E-state index in [4.69, 9.17) is 23.2 Å². The molecule has 7 nitrogen and oxygen atoms in total. The number of hydrogen-bond donors (Lipinski definition) is 0. The number of aromatic nitrogens is 2. The number of halogens is 2. The monoisotopic (exact) mass is 528 g/mol. The number of carbonyl (C=O) groups is 2. The van der Waals surface area contributed by atoms with Crippen molar-refractivity contribution >= 4 is 51.5 Å². The SMILES string of the molecule is CC(C)CC(=O)N1CCN(c2ccc3ncn(CC(=O)CCc4ccc(Cl)c(Cl)c4)c(=O)c3c2)CC1. The van der Waals surface area contributed by atoms with E-state index in [1.54, 1.807) is 12.1 Å². The maximum absolute atomic E-state index is 13.2. The first kappa shape index (κ1) is 26.2. The lowest BCUT2D eigenvalue weighted by molar-refractivity contribution is -0.132. The number of fused-ring (bicyclic) bond motifs is 1. The summed E-state index contributed by atoms with van der Waals surface area (Å²) in [6, 6.07) is 10.9. The zero-order valence-corrected chi connectivity index (χ0v) is 22.1. The minimum atomic E-state index is -0.240. The number of ketones is 1. The Morgan fingerprint density at radius 1 is 1.00 bits per heavy atom. The molecule has 3 aromatic rings. The van der Waals surface area contributed by atoms with Crippen molar-refractivity contribution in [1.82, 2.24) is 14.5 Å². The molecule has 0 radical (unpaired) electrons. The summed E-state index contributed by atoms with van der Waals surface area (Å²) in [4.78, 5) is 46.6. The first-order valence-corrected chi connectivity index (χ1v) is 12.9. The van der Waals surface area contributed by atoms with Crippen molar-refractivity contribution in [2.24, 2.45) is 5.92 Å². The molecule has 36 heavy (non-hydrogen) atoms. The number of nitrogens with zero attached hydrogens (tertiary/aromatic N) is 4. The number of hydrogen-bond acceptors (Lipinski definition) is 5. The Kier molecular flexibility index (Phi) is 8.32. The van der Waals surface area contributed by atoms with Crippen LogP contribution in [0.4, 0.5) is 5.69 Å². The summed E-state index contributed by atoms with van der Waals surface area (Å²) in [5.41, 5.74) is 2.18. The molecule has 0 aliphatic carbocycles. The van der Waals surface area contributed by atoms with Crippen molar-refractivity contribution < 1.29 is 9.59 Å². The normalized spacial score (nSPS) is 14.0. The van der Waals surface area contributed by atoms with Crippen LogP contribution in [0.5, 0.6) is 0 Å². The molecule has 0 atom stereocenters. The molecule has 1 saturated heterocycles. The van der Waals surface area contributed by atoms with E-state index in [1.807, 2.05) is 43.0 Å². The molecule has 1 aliphatic rings. The van der Waals surface area contributed by atoms with E-state index in [9.17, 15) is 14.4 Å². The van der Waals surface area contributed by atoms with E-state index in [-0.39, 0.29) is 30.2 Å². The van der Waals surface area contributed by atoms with Gasteiger partial charge < -0.3 is 9.80 Å². The molecular formula is C27H30Cl2N4O3. The molecule has 0 bridgehead atoms. The van der Waals surface area contributed by atoms with Crippen LogP contribution in [0.15, 0.2) is 47.5 Å². The fourth-order valence-corrected chi connectivity index (χ4v) is 4.72. The number of rotatable bonds is 8. The molecule has 190 valence electrons. The first-order valence-electron chi connectivity index (χ1n) is 12.2. The van der Waals surface area contributed by atoms with Crippen LogP contribution in [0, 0.1) is 5.92 Å². The molecule has 0 spiro atoms. The molecule has 1 amide bonds. The van der Waals surface area contributed by atoms with Gasteiger partial charge in [-0.25, -0.2) is 4.98 Å². The van der Waals surface area contributed by atoms with E-state index in [0.29, 0.717) is 65.9 Å². The predicted octanol–water partition coefficient (Wildman–Crippen LogP) is 4.60. The van der Waals surface area contributed by atoms with Crippen molar-refractivity contribution in [3.05, 3.63) is 68.7 Å². The van der Waals surface area contributed by atoms with Crippen molar-refractivity contribution in [2.45, 2.75) is 39.7 Å². The first-order chi connectivity index (χ1) is 17.2. The maximum Gasteiger partial charge on any atom is 0.261 e. The molecule has 9 heteroatoms. The molecule has 1 aromatic heterocycles. The smallest absolute Gasteiger partial charge is 0.261 e. The van der Waals surface area contributed by atoms with Gasteiger partial charge in [-0.05, 0) is 48.2 Å². The summed E-state index contributed by atoms with van der Waals surface area (Å²) in [6.07, 6.45) is 2.79. The number of carbonyl (C=O) groups excluding carboxylic acids is 2. The number of aryl methyl sites for hydroxylation is 1. The molecule has 2 aromatic carbocycles. The minimum Gasteiger partial charge on any atom is -0.368 e. The van der Waals surface area contributed by atoms with Crippen LogP contribution >= 0.6 is 23.2 Å². The zero-order valence-electron chi connectivity index (χ0n) is 20.5. The van der Waals surface area contributed by atoms with Crippen LogP contribution in [0.3, 0.4) is 0 Å². The Labute approximate surface area is 220 Å². The quantitative estimate of drug-likeness (QED) is 0.427. The van der Waals surface area contributed by atoms with Gasteiger partial charge in [0.25, 0.3) is 5.56 Å². The third-order valence-electron chi connectivity index (χ3n) is 6.41. The van der Waals surface area contributed by atoms with Crippen molar-refractivity contribution in [1.29, 1.82) is 0 Å². The highest BCUT2D eigenvalue weighted by Gasteiger charge is 2.22. The zero-order chi connectivity index (χ0) is 25.8. The molecule has 0 saturated carbocycles. The summed E-state index contributed by atoms with van der Waals surface area (Å²) in [5, 5.41) is 1.41. The summed E-state index contributed by atoms with van der Waals surface area (Å²) < 4.78 is 1.37. The fraction of sp³-hybridized carbons (Fsp3) is 0.407. The van der Waals surface area contributed by atoms with Crippen molar-refractivity contribution in [3.8, 4) is 0 Å². The maximum atomic E-state index is 13.2. The fourth-order valence-electron chi connectivity index (χ4n) is 4.40.